The number of hydrogen-bond acceptors (Lipinski definition) is 4. The second-order valence-electron chi connectivity index (χ2n) is 6.10. The van der Waals surface area contributed by atoms with Crippen LogP contribution in [0.3, 0.4) is 0 Å². The maximum Gasteiger partial charge on any atom is 0.227 e. The Labute approximate surface area is 160 Å². The van der Waals surface area contributed by atoms with Crippen molar-refractivity contribution < 1.29 is 8.83 Å². The van der Waals surface area contributed by atoms with Gasteiger partial charge in [0.25, 0.3) is 0 Å². The van der Waals surface area contributed by atoms with Gasteiger partial charge in [0.05, 0.1) is 6.20 Å². The third-order valence-electron chi connectivity index (χ3n) is 4.31. The summed E-state index contributed by atoms with van der Waals surface area (Å²) >= 11 is 5.93. The fourth-order valence-corrected chi connectivity index (χ4v) is 3.03. The number of halogens is 1. The van der Waals surface area contributed by atoms with E-state index in [-0.39, 0.29) is 0 Å². The molecule has 0 radical (unpaired) electrons. The van der Waals surface area contributed by atoms with Crippen LogP contribution in [0.2, 0.25) is 5.02 Å². The third-order valence-corrected chi connectivity index (χ3v) is 4.56. The minimum atomic E-state index is 0.559. The normalized spacial score (nSPS) is 11.1. The summed E-state index contributed by atoms with van der Waals surface area (Å²) in [5.41, 5.74) is 4.34. The van der Waals surface area contributed by atoms with Crippen LogP contribution < -0.4 is 0 Å². The van der Waals surface area contributed by atoms with E-state index < -0.39 is 0 Å². The van der Waals surface area contributed by atoms with Crippen molar-refractivity contribution >= 4 is 22.7 Å². The van der Waals surface area contributed by atoms with E-state index in [4.69, 9.17) is 20.4 Å². The highest BCUT2D eigenvalue weighted by atomic mass is 35.5. The van der Waals surface area contributed by atoms with Crippen LogP contribution in [0.5, 0.6) is 0 Å². The summed E-state index contributed by atoms with van der Waals surface area (Å²) < 4.78 is 11.7. The Bertz CT molecular complexity index is 1190. The van der Waals surface area contributed by atoms with Gasteiger partial charge in [-0.25, -0.2) is 9.97 Å². The summed E-state index contributed by atoms with van der Waals surface area (Å²) in [6.07, 6.45) is 1.72. The van der Waals surface area contributed by atoms with Gasteiger partial charge in [0.15, 0.2) is 11.3 Å². The van der Waals surface area contributed by atoms with E-state index in [0.717, 1.165) is 27.8 Å². The average Bonchev–Trinajstić information content (AvgIpc) is 3.36. The number of nitrogens with zero attached hydrogens (tertiary/aromatic N) is 2. The summed E-state index contributed by atoms with van der Waals surface area (Å²) in [5, 5.41) is 0.688. The van der Waals surface area contributed by atoms with Crippen LogP contribution >= 0.6 is 11.6 Å². The molecule has 0 amide bonds. The molecule has 0 saturated heterocycles. The fraction of sp³-hybridized carbons (Fsp3) is 0. The second kappa shape index (κ2) is 6.41. The molecule has 0 spiro atoms. The first-order valence-electron chi connectivity index (χ1n) is 8.44. The van der Waals surface area contributed by atoms with Crippen molar-refractivity contribution in [3.63, 3.8) is 0 Å². The van der Waals surface area contributed by atoms with Gasteiger partial charge in [-0.05, 0) is 60.7 Å². The van der Waals surface area contributed by atoms with Gasteiger partial charge in [-0.15, -0.1) is 0 Å². The maximum absolute atomic E-state index is 5.93. The highest BCUT2D eigenvalue weighted by molar-refractivity contribution is 6.30. The number of oxazole rings is 2. The molecule has 5 rings (SSSR count). The quantitative estimate of drug-likeness (QED) is 0.364. The lowest BCUT2D eigenvalue weighted by atomic mass is 10.1. The zero-order valence-corrected chi connectivity index (χ0v) is 14.9. The standard InChI is InChI=1S/C22H13ClN2O2/c23-17-11-9-14(10-12-17)20-13-24-21(27-20)15-5-7-16(8-6-15)22-25-18-3-1-2-4-19(18)26-22/h1-13H. The maximum atomic E-state index is 5.93. The van der Waals surface area contributed by atoms with Crippen LogP contribution in [0, 0.1) is 0 Å². The highest BCUT2D eigenvalue weighted by Gasteiger charge is 2.11. The summed E-state index contributed by atoms with van der Waals surface area (Å²) in [6, 6.07) is 23.0. The van der Waals surface area contributed by atoms with Crippen molar-refractivity contribution in [2.75, 3.05) is 0 Å². The van der Waals surface area contributed by atoms with E-state index in [1.54, 1.807) is 6.20 Å². The van der Waals surface area contributed by atoms with Crippen LogP contribution in [0.4, 0.5) is 0 Å². The van der Waals surface area contributed by atoms with Gasteiger partial charge in [-0.1, -0.05) is 23.7 Å². The summed E-state index contributed by atoms with van der Waals surface area (Å²) in [4.78, 5) is 8.90. The molecule has 0 aliphatic heterocycles. The number of benzene rings is 3. The fourth-order valence-electron chi connectivity index (χ4n) is 2.91. The molecular formula is C22H13ClN2O2. The largest absolute Gasteiger partial charge is 0.436 e. The minimum Gasteiger partial charge on any atom is -0.436 e. The lowest BCUT2D eigenvalue weighted by molar-refractivity contribution is 0.589. The monoisotopic (exact) mass is 372 g/mol. The molecular weight excluding hydrogens is 360 g/mol. The molecule has 130 valence electrons. The van der Waals surface area contributed by atoms with Gasteiger partial charge >= 0.3 is 0 Å². The van der Waals surface area contributed by atoms with E-state index in [0.29, 0.717) is 22.6 Å². The molecule has 5 heteroatoms. The van der Waals surface area contributed by atoms with Gasteiger partial charge in [0.1, 0.15) is 5.52 Å². The van der Waals surface area contributed by atoms with E-state index in [1.165, 1.54) is 0 Å². The molecule has 0 N–H and O–H groups in total. The van der Waals surface area contributed by atoms with Crippen LogP contribution in [-0.4, -0.2) is 9.97 Å². The molecule has 0 fully saturated rings. The van der Waals surface area contributed by atoms with Crippen molar-refractivity contribution in [1.82, 2.24) is 9.97 Å². The summed E-state index contributed by atoms with van der Waals surface area (Å²) in [6.45, 7) is 0. The van der Waals surface area contributed by atoms with Crippen molar-refractivity contribution in [3.05, 3.63) is 84.0 Å². The zero-order valence-electron chi connectivity index (χ0n) is 14.1. The van der Waals surface area contributed by atoms with Gasteiger partial charge in [0, 0.05) is 21.7 Å². The van der Waals surface area contributed by atoms with Crippen LogP contribution in [0.1, 0.15) is 0 Å². The average molecular weight is 373 g/mol. The van der Waals surface area contributed by atoms with Crippen LogP contribution in [0.15, 0.2) is 87.8 Å². The first-order chi connectivity index (χ1) is 13.3. The molecule has 5 aromatic rings. The number of aromatic nitrogens is 2. The van der Waals surface area contributed by atoms with Crippen molar-refractivity contribution in [2.45, 2.75) is 0 Å². The predicted molar refractivity (Wildman–Crippen MR) is 105 cm³/mol. The Hall–Kier alpha value is -3.37. The molecule has 0 saturated carbocycles. The first-order valence-corrected chi connectivity index (χ1v) is 8.82. The third kappa shape index (κ3) is 3.00. The van der Waals surface area contributed by atoms with Gasteiger partial charge in [-0.2, -0.15) is 0 Å². The smallest absolute Gasteiger partial charge is 0.227 e. The SMILES string of the molecule is Clc1ccc(-c2cnc(-c3ccc(-c4nc5ccccc5o4)cc3)o2)cc1. The van der Waals surface area contributed by atoms with Crippen LogP contribution in [-0.2, 0) is 0 Å². The molecule has 0 aliphatic carbocycles. The van der Waals surface area contributed by atoms with Gasteiger partial charge in [0.2, 0.25) is 11.8 Å². The molecule has 2 heterocycles. The first kappa shape index (κ1) is 15.9. The minimum absolute atomic E-state index is 0.559. The molecule has 4 nitrogen and oxygen atoms in total. The van der Waals surface area contributed by atoms with E-state index >= 15 is 0 Å². The lowest BCUT2D eigenvalue weighted by Gasteiger charge is -1.99. The van der Waals surface area contributed by atoms with E-state index in [2.05, 4.69) is 9.97 Å². The van der Waals surface area contributed by atoms with Crippen molar-refractivity contribution in [3.8, 4) is 34.2 Å². The number of hydrogen-bond donors (Lipinski definition) is 0. The van der Waals surface area contributed by atoms with Crippen LogP contribution in [0.25, 0.3) is 45.3 Å². The van der Waals surface area contributed by atoms with E-state index in [1.807, 2.05) is 72.8 Å². The summed E-state index contributed by atoms with van der Waals surface area (Å²) in [5.74, 6) is 1.85. The Morgan fingerprint density at radius 2 is 1.33 bits per heavy atom. The molecule has 0 atom stereocenters. The molecule has 0 unspecified atom stereocenters. The Morgan fingerprint density at radius 1 is 0.667 bits per heavy atom. The number of para-hydroxylation sites is 2. The molecule has 2 aromatic heterocycles. The second-order valence-corrected chi connectivity index (χ2v) is 6.54. The molecule has 27 heavy (non-hydrogen) atoms. The highest BCUT2D eigenvalue weighted by Crippen LogP contribution is 2.29. The van der Waals surface area contributed by atoms with Crippen molar-refractivity contribution in [1.29, 1.82) is 0 Å². The Morgan fingerprint density at radius 3 is 2.07 bits per heavy atom. The van der Waals surface area contributed by atoms with Gasteiger partial charge in [-0.3, -0.25) is 0 Å². The number of fused-ring (bicyclic) bond motifs is 1. The Balaban J connectivity index is 1.44. The Kier molecular flexibility index (Phi) is 3.77. The number of rotatable bonds is 3. The predicted octanol–water partition coefficient (Wildman–Crippen LogP) is 6.47. The molecule has 0 aliphatic rings. The lowest BCUT2D eigenvalue weighted by Crippen LogP contribution is -1.80. The topological polar surface area (TPSA) is 52.1 Å². The molecule has 0 bridgehead atoms. The van der Waals surface area contributed by atoms with Gasteiger partial charge < -0.3 is 8.83 Å². The van der Waals surface area contributed by atoms with Crippen molar-refractivity contribution in [2.24, 2.45) is 0 Å². The molecule has 3 aromatic carbocycles. The summed E-state index contributed by atoms with van der Waals surface area (Å²) in [7, 11) is 0. The van der Waals surface area contributed by atoms with E-state index in [9.17, 15) is 0 Å². The zero-order chi connectivity index (χ0) is 18.2.